The normalized spacial score (nSPS) is 13.4. The highest BCUT2D eigenvalue weighted by Crippen LogP contribution is 2.22. The van der Waals surface area contributed by atoms with Gasteiger partial charge in [-0.2, -0.15) is 10.2 Å². The number of nitrogens with zero attached hydrogens (tertiary/aromatic N) is 3. The highest BCUT2D eigenvalue weighted by Gasteiger charge is 2.22. The average molecular weight is 297 g/mol. The number of carbonyl (C=O) groups excluding carboxylic acids is 1. The maximum atomic E-state index is 12.1. The molecule has 0 bridgehead atoms. The molecule has 0 atom stereocenters. The van der Waals surface area contributed by atoms with Crippen LogP contribution >= 0.6 is 0 Å². The number of aryl methyl sites for hydroxylation is 1. The van der Waals surface area contributed by atoms with Crippen molar-refractivity contribution in [3.8, 4) is 0 Å². The number of benzene rings is 1. The van der Waals surface area contributed by atoms with Crippen molar-refractivity contribution in [3.63, 3.8) is 0 Å². The summed E-state index contributed by atoms with van der Waals surface area (Å²) >= 11 is 0. The van der Waals surface area contributed by atoms with Gasteiger partial charge in [-0.1, -0.05) is 12.1 Å². The van der Waals surface area contributed by atoms with Crippen LogP contribution in [0, 0.1) is 0 Å². The molecular formula is C16H19N5O. The molecule has 0 fully saturated rings. The summed E-state index contributed by atoms with van der Waals surface area (Å²) in [6, 6.07) is 7.92. The van der Waals surface area contributed by atoms with Crippen LogP contribution in [0.1, 0.15) is 33.7 Å². The largest absolute Gasteiger partial charge is 0.378 e. The molecule has 0 saturated carbocycles. The van der Waals surface area contributed by atoms with Crippen LogP contribution in [0.2, 0.25) is 0 Å². The number of amides is 1. The maximum Gasteiger partial charge on any atom is 0.292 e. The number of fused-ring (bicyclic) bond motifs is 1. The first-order valence-electron chi connectivity index (χ1n) is 7.32. The first-order chi connectivity index (χ1) is 10.6. The fraction of sp³-hybridized carbons (Fsp3) is 0.312. The third-order valence-corrected chi connectivity index (χ3v) is 3.81. The molecule has 1 heterocycles. The predicted molar refractivity (Wildman–Crippen MR) is 86.4 cm³/mol. The second-order valence-electron chi connectivity index (χ2n) is 5.57. The zero-order chi connectivity index (χ0) is 15.5. The third-order valence-electron chi connectivity index (χ3n) is 3.81. The summed E-state index contributed by atoms with van der Waals surface area (Å²) in [4.78, 5) is 14.1. The second-order valence-corrected chi connectivity index (χ2v) is 5.57. The number of aromatic amines is 1. The summed E-state index contributed by atoms with van der Waals surface area (Å²) in [6.45, 7) is 0. The van der Waals surface area contributed by atoms with E-state index in [1.54, 1.807) is 6.21 Å². The number of nitrogens with one attached hydrogen (secondary N) is 2. The van der Waals surface area contributed by atoms with Crippen molar-refractivity contribution >= 4 is 17.8 Å². The number of hydrogen-bond acceptors (Lipinski definition) is 4. The van der Waals surface area contributed by atoms with Crippen molar-refractivity contribution in [3.05, 3.63) is 46.8 Å². The highest BCUT2D eigenvalue weighted by atomic mass is 16.2. The zero-order valence-corrected chi connectivity index (χ0v) is 12.8. The number of hydrogen-bond donors (Lipinski definition) is 2. The van der Waals surface area contributed by atoms with Gasteiger partial charge in [-0.25, -0.2) is 5.43 Å². The van der Waals surface area contributed by atoms with Gasteiger partial charge in [0.05, 0.1) is 6.21 Å². The molecule has 0 spiro atoms. The molecule has 0 radical (unpaired) electrons. The van der Waals surface area contributed by atoms with Gasteiger partial charge in [-0.05, 0) is 37.0 Å². The van der Waals surface area contributed by atoms with Crippen LogP contribution < -0.4 is 10.3 Å². The van der Waals surface area contributed by atoms with Crippen molar-refractivity contribution in [2.24, 2.45) is 5.10 Å². The molecule has 1 amide bonds. The lowest BCUT2D eigenvalue weighted by molar-refractivity contribution is 0.0949. The molecule has 3 rings (SSSR count). The van der Waals surface area contributed by atoms with Crippen molar-refractivity contribution in [2.75, 3.05) is 19.0 Å². The van der Waals surface area contributed by atoms with E-state index >= 15 is 0 Å². The summed E-state index contributed by atoms with van der Waals surface area (Å²) in [5.41, 5.74) is 7.16. The van der Waals surface area contributed by atoms with Gasteiger partial charge in [0, 0.05) is 31.0 Å². The fourth-order valence-corrected chi connectivity index (χ4v) is 2.58. The lowest BCUT2D eigenvalue weighted by Gasteiger charge is -2.11. The van der Waals surface area contributed by atoms with E-state index in [4.69, 9.17) is 0 Å². The number of carbonyl (C=O) groups is 1. The zero-order valence-electron chi connectivity index (χ0n) is 12.8. The number of rotatable bonds is 4. The van der Waals surface area contributed by atoms with Crippen LogP contribution in [0.15, 0.2) is 29.4 Å². The molecule has 1 aromatic carbocycles. The minimum atomic E-state index is -0.263. The van der Waals surface area contributed by atoms with Gasteiger partial charge in [0.25, 0.3) is 5.91 Å². The molecule has 22 heavy (non-hydrogen) atoms. The molecule has 6 nitrogen and oxygen atoms in total. The monoisotopic (exact) mass is 297 g/mol. The van der Waals surface area contributed by atoms with Crippen LogP contribution in [-0.4, -0.2) is 36.4 Å². The summed E-state index contributed by atoms with van der Waals surface area (Å²) in [5, 5.41) is 11.0. The first kappa shape index (κ1) is 14.3. The topological polar surface area (TPSA) is 73.4 Å². The number of hydrazone groups is 1. The molecule has 1 aliphatic rings. The molecule has 114 valence electrons. The fourth-order valence-electron chi connectivity index (χ4n) is 2.58. The van der Waals surface area contributed by atoms with Gasteiger partial charge in [-0.15, -0.1) is 0 Å². The Morgan fingerprint density at radius 1 is 1.32 bits per heavy atom. The predicted octanol–water partition coefficient (Wildman–Crippen LogP) is 1.73. The van der Waals surface area contributed by atoms with E-state index in [2.05, 4.69) is 20.7 Å². The summed E-state index contributed by atoms with van der Waals surface area (Å²) in [5.74, 6) is -0.263. The maximum absolute atomic E-state index is 12.1. The van der Waals surface area contributed by atoms with Gasteiger partial charge in [0.1, 0.15) is 0 Å². The van der Waals surface area contributed by atoms with E-state index in [1.807, 2.05) is 43.3 Å². The highest BCUT2D eigenvalue weighted by molar-refractivity contribution is 5.94. The van der Waals surface area contributed by atoms with E-state index < -0.39 is 0 Å². The van der Waals surface area contributed by atoms with Gasteiger partial charge in [0.15, 0.2) is 5.69 Å². The number of aromatic nitrogens is 2. The first-order valence-corrected chi connectivity index (χ1v) is 7.32. The smallest absolute Gasteiger partial charge is 0.292 e. The van der Waals surface area contributed by atoms with Crippen LogP contribution in [0.5, 0.6) is 0 Å². The Bertz CT molecular complexity index is 700. The van der Waals surface area contributed by atoms with Gasteiger partial charge in [-0.3, -0.25) is 9.89 Å². The molecule has 0 unspecified atom stereocenters. The molecule has 6 heteroatoms. The second kappa shape index (κ2) is 6.01. The van der Waals surface area contributed by atoms with Crippen molar-refractivity contribution in [1.29, 1.82) is 0 Å². The Morgan fingerprint density at radius 2 is 2.09 bits per heavy atom. The quantitative estimate of drug-likeness (QED) is 0.667. The average Bonchev–Trinajstić information content (AvgIpc) is 3.10. The molecule has 2 aromatic rings. The Hall–Kier alpha value is -2.63. The van der Waals surface area contributed by atoms with Gasteiger partial charge >= 0.3 is 0 Å². The molecule has 1 aliphatic carbocycles. The molecular weight excluding hydrogens is 278 g/mol. The van der Waals surface area contributed by atoms with E-state index in [0.717, 1.165) is 41.8 Å². The Kier molecular flexibility index (Phi) is 3.91. The van der Waals surface area contributed by atoms with E-state index in [9.17, 15) is 4.79 Å². The summed E-state index contributed by atoms with van der Waals surface area (Å²) in [6.07, 6.45) is 4.58. The molecule has 0 saturated heterocycles. The summed E-state index contributed by atoms with van der Waals surface area (Å²) in [7, 11) is 3.98. The van der Waals surface area contributed by atoms with E-state index in [-0.39, 0.29) is 5.91 Å². The van der Waals surface area contributed by atoms with Crippen molar-refractivity contribution in [2.45, 2.75) is 19.3 Å². The molecule has 2 N–H and O–H groups in total. The van der Waals surface area contributed by atoms with Crippen LogP contribution in [0.4, 0.5) is 5.69 Å². The lowest BCUT2D eigenvalue weighted by Crippen LogP contribution is -2.19. The Balaban J connectivity index is 1.63. The lowest BCUT2D eigenvalue weighted by atomic mass is 10.2. The molecule has 1 aromatic heterocycles. The van der Waals surface area contributed by atoms with Crippen LogP contribution in [-0.2, 0) is 12.8 Å². The Morgan fingerprint density at radius 3 is 2.82 bits per heavy atom. The standard InChI is InChI=1S/C16H19N5O/c1-21(2)12-8-6-11(7-9-12)10-17-20-16(22)15-13-4-3-5-14(13)18-19-15/h6-10H,3-5H2,1-2H3,(H,18,19)(H,20,22). The van der Waals surface area contributed by atoms with Crippen LogP contribution in [0.25, 0.3) is 0 Å². The van der Waals surface area contributed by atoms with Crippen molar-refractivity contribution < 1.29 is 4.79 Å². The minimum Gasteiger partial charge on any atom is -0.378 e. The van der Waals surface area contributed by atoms with Gasteiger partial charge < -0.3 is 4.90 Å². The number of H-pyrrole nitrogens is 1. The van der Waals surface area contributed by atoms with E-state index in [0.29, 0.717) is 5.69 Å². The van der Waals surface area contributed by atoms with Crippen molar-refractivity contribution in [1.82, 2.24) is 15.6 Å². The molecule has 0 aliphatic heterocycles. The third kappa shape index (κ3) is 2.86. The number of anilines is 1. The Labute approximate surface area is 129 Å². The van der Waals surface area contributed by atoms with Gasteiger partial charge in [0.2, 0.25) is 0 Å². The van der Waals surface area contributed by atoms with E-state index in [1.165, 1.54) is 0 Å². The SMILES string of the molecule is CN(C)c1ccc(C=NNC(=O)c2n[nH]c3c2CCC3)cc1. The summed E-state index contributed by atoms with van der Waals surface area (Å²) < 4.78 is 0. The minimum absolute atomic E-state index is 0.263. The van der Waals surface area contributed by atoms with Crippen LogP contribution in [0.3, 0.4) is 0 Å².